The molecule has 0 radical (unpaired) electrons. The fraction of sp³-hybridized carbons (Fsp3) is 0.926. The zero-order valence-corrected chi connectivity index (χ0v) is 20.1. The summed E-state index contributed by atoms with van der Waals surface area (Å²) in [4.78, 5) is 23.3. The van der Waals surface area contributed by atoms with Crippen molar-refractivity contribution in [1.82, 2.24) is 0 Å². The highest BCUT2D eigenvalue weighted by Crippen LogP contribution is 2.68. The van der Waals surface area contributed by atoms with Crippen molar-refractivity contribution >= 4 is 11.8 Å². The van der Waals surface area contributed by atoms with Crippen molar-refractivity contribution < 1.29 is 19.8 Å². The number of Topliss-reactive ketones (excluding diaryl/α,β-unsaturated/α-hetero) is 1. The van der Waals surface area contributed by atoms with Crippen LogP contribution in [0.2, 0.25) is 0 Å². The van der Waals surface area contributed by atoms with Crippen molar-refractivity contribution in [3.63, 3.8) is 0 Å². The maximum Gasteiger partial charge on any atom is 0.306 e. The quantitative estimate of drug-likeness (QED) is 0.563. The summed E-state index contributed by atoms with van der Waals surface area (Å²) in [5.74, 6) is 2.72. The van der Waals surface area contributed by atoms with Crippen molar-refractivity contribution in [2.75, 3.05) is 0 Å². The molecule has 0 heterocycles. The van der Waals surface area contributed by atoms with Gasteiger partial charge in [0.1, 0.15) is 5.78 Å². The van der Waals surface area contributed by atoms with Crippen molar-refractivity contribution in [2.24, 2.45) is 52.3 Å². The van der Waals surface area contributed by atoms with Gasteiger partial charge >= 0.3 is 5.97 Å². The molecule has 176 valence electrons. The Morgan fingerprint density at radius 1 is 1.06 bits per heavy atom. The van der Waals surface area contributed by atoms with Crippen molar-refractivity contribution in [3.8, 4) is 0 Å². The lowest BCUT2D eigenvalue weighted by Gasteiger charge is -2.62. The molecule has 2 N–H and O–H groups in total. The summed E-state index contributed by atoms with van der Waals surface area (Å²) in [6.07, 6.45) is 10.8. The molecule has 0 aromatic carbocycles. The molecule has 0 aromatic rings. The minimum absolute atomic E-state index is 0.232. The monoisotopic (exact) mass is 432 g/mol. The molecule has 1 unspecified atom stereocenters. The average Bonchev–Trinajstić information content (AvgIpc) is 3.06. The molecule has 0 saturated heterocycles. The topological polar surface area (TPSA) is 74.6 Å². The first-order chi connectivity index (χ1) is 14.6. The molecule has 4 heteroatoms. The van der Waals surface area contributed by atoms with Crippen LogP contribution in [0.5, 0.6) is 0 Å². The molecular weight excluding hydrogens is 388 g/mol. The van der Waals surface area contributed by atoms with Gasteiger partial charge in [-0.15, -0.1) is 0 Å². The Balaban J connectivity index is 1.46. The zero-order chi connectivity index (χ0) is 22.6. The van der Waals surface area contributed by atoms with Crippen LogP contribution >= 0.6 is 0 Å². The van der Waals surface area contributed by atoms with Gasteiger partial charge in [-0.1, -0.05) is 40.5 Å². The van der Waals surface area contributed by atoms with Crippen LogP contribution in [0.1, 0.15) is 98.3 Å². The molecule has 10 atom stereocenters. The predicted octanol–water partition coefficient (Wildman–Crippen LogP) is 5.71. The molecular formula is C27H44O4. The number of hydrogen-bond donors (Lipinski definition) is 2. The third kappa shape index (κ3) is 3.89. The smallest absolute Gasteiger partial charge is 0.306 e. The normalized spacial score (nSPS) is 46.5. The zero-order valence-electron chi connectivity index (χ0n) is 20.1. The highest BCUT2D eigenvalue weighted by molar-refractivity contribution is 5.79. The van der Waals surface area contributed by atoms with Gasteiger partial charge in [-0.05, 0) is 91.3 Å². The van der Waals surface area contributed by atoms with E-state index in [4.69, 9.17) is 5.11 Å². The maximum atomic E-state index is 12.1. The van der Waals surface area contributed by atoms with Crippen LogP contribution in [0.15, 0.2) is 0 Å². The molecule has 0 spiro atoms. The summed E-state index contributed by atoms with van der Waals surface area (Å²) in [7, 11) is 0. The molecule has 4 rings (SSSR count). The highest BCUT2D eigenvalue weighted by Gasteiger charge is 2.62. The van der Waals surface area contributed by atoms with E-state index in [2.05, 4.69) is 20.8 Å². The van der Waals surface area contributed by atoms with E-state index in [1.807, 2.05) is 6.92 Å². The number of carboxylic acids is 1. The van der Waals surface area contributed by atoms with Crippen molar-refractivity contribution in [2.45, 2.75) is 104 Å². The highest BCUT2D eigenvalue weighted by atomic mass is 16.4. The third-order valence-corrected chi connectivity index (χ3v) is 11.0. The fourth-order valence-electron chi connectivity index (χ4n) is 9.06. The number of carbonyl (C=O) groups excluding carboxylic acids is 1. The van der Waals surface area contributed by atoms with Gasteiger partial charge in [0, 0.05) is 12.8 Å². The molecule has 0 aromatic heterocycles. The van der Waals surface area contributed by atoms with Gasteiger partial charge in [0.05, 0.1) is 12.0 Å². The van der Waals surface area contributed by atoms with Crippen LogP contribution in [0.3, 0.4) is 0 Å². The van der Waals surface area contributed by atoms with Gasteiger partial charge in [0.25, 0.3) is 0 Å². The van der Waals surface area contributed by atoms with Crippen LogP contribution in [-0.4, -0.2) is 28.1 Å². The maximum absolute atomic E-state index is 12.1. The summed E-state index contributed by atoms with van der Waals surface area (Å²) in [6.45, 7) is 9.15. The average molecular weight is 433 g/mol. The number of rotatable bonds is 6. The van der Waals surface area contributed by atoms with E-state index in [1.165, 1.54) is 25.7 Å². The lowest BCUT2D eigenvalue weighted by Crippen LogP contribution is -2.58. The number of hydrogen-bond acceptors (Lipinski definition) is 3. The first kappa shape index (κ1) is 23.3. The minimum atomic E-state index is -0.679. The number of ketones is 1. The van der Waals surface area contributed by atoms with Crippen LogP contribution in [0, 0.1) is 52.3 Å². The summed E-state index contributed by atoms with van der Waals surface area (Å²) >= 11 is 0. The Kier molecular flexibility index (Phi) is 6.35. The van der Waals surface area contributed by atoms with Gasteiger partial charge in [0.15, 0.2) is 0 Å². The molecule has 0 aliphatic heterocycles. The number of aliphatic hydroxyl groups excluding tert-OH is 1. The van der Waals surface area contributed by atoms with Gasteiger partial charge in [0.2, 0.25) is 0 Å². The fourth-order valence-corrected chi connectivity index (χ4v) is 9.06. The Labute approximate surface area is 188 Å². The Hall–Kier alpha value is -0.900. The molecule has 4 aliphatic rings. The number of aliphatic carboxylic acids is 1. The molecule has 0 bridgehead atoms. The van der Waals surface area contributed by atoms with Crippen LogP contribution in [-0.2, 0) is 9.59 Å². The van der Waals surface area contributed by atoms with E-state index in [0.29, 0.717) is 53.1 Å². The molecule has 4 saturated carbocycles. The lowest BCUT2D eigenvalue weighted by atomic mass is 9.44. The third-order valence-electron chi connectivity index (χ3n) is 11.0. The molecule has 4 fully saturated rings. The van der Waals surface area contributed by atoms with Crippen LogP contribution in [0.4, 0.5) is 0 Å². The number of carboxylic acid groups (broad SMARTS) is 1. The van der Waals surface area contributed by atoms with Gasteiger partial charge < -0.3 is 10.2 Å². The SMILES string of the molecule is CC(CCC[C@@H](C)[C@H]1CC[C@H]2[C@@H]3[C@H](O)C[C@@H]4CC(=O)CC[C@]4(C)[C@H]3CC[C@]12C)C(=O)O. The second kappa shape index (κ2) is 8.47. The van der Waals surface area contributed by atoms with Crippen molar-refractivity contribution in [1.29, 1.82) is 0 Å². The summed E-state index contributed by atoms with van der Waals surface area (Å²) in [6, 6.07) is 0. The largest absolute Gasteiger partial charge is 0.481 e. The summed E-state index contributed by atoms with van der Waals surface area (Å²) < 4.78 is 0. The Morgan fingerprint density at radius 3 is 2.48 bits per heavy atom. The first-order valence-electron chi connectivity index (χ1n) is 13.0. The number of carbonyl (C=O) groups is 2. The van der Waals surface area contributed by atoms with Gasteiger partial charge in [-0.3, -0.25) is 9.59 Å². The van der Waals surface area contributed by atoms with Gasteiger partial charge in [-0.2, -0.15) is 0 Å². The standard InChI is InChI=1S/C27H44O4/c1-16(6-5-7-17(2)25(30)31)20-8-9-21-24-22(11-13-27(20,21)4)26(3)12-10-19(28)14-18(26)15-23(24)29/h16-18,20-24,29H,5-15H2,1-4H3,(H,30,31)/t16-,17?,18+,20-,21+,22+,23-,24+,26+,27-/m1/s1. The van der Waals surface area contributed by atoms with Crippen LogP contribution in [0.25, 0.3) is 0 Å². The van der Waals surface area contributed by atoms with Crippen LogP contribution < -0.4 is 0 Å². The minimum Gasteiger partial charge on any atom is -0.481 e. The van der Waals surface area contributed by atoms with E-state index in [-0.39, 0.29) is 17.4 Å². The lowest BCUT2D eigenvalue weighted by molar-refractivity contribution is -0.168. The molecule has 0 amide bonds. The second-order valence-corrected chi connectivity index (χ2v) is 12.4. The summed E-state index contributed by atoms with van der Waals surface area (Å²) in [5.41, 5.74) is 0.531. The van der Waals surface area contributed by atoms with E-state index in [1.54, 1.807) is 0 Å². The first-order valence-corrected chi connectivity index (χ1v) is 13.0. The predicted molar refractivity (Wildman–Crippen MR) is 121 cm³/mol. The van der Waals surface area contributed by atoms with Gasteiger partial charge in [-0.25, -0.2) is 0 Å². The number of fused-ring (bicyclic) bond motifs is 5. The summed E-state index contributed by atoms with van der Waals surface area (Å²) in [5, 5.41) is 20.5. The van der Waals surface area contributed by atoms with Crippen molar-refractivity contribution in [3.05, 3.63) is 0 Å². The molecule has 4 nitrogen and oxygen atoms in total. The second-order valence-electron chi connectivity index (χ2n) is 12.4. The van der Waals surface area contributed by atoms with E-state index in [0.717, 1.165) is 38.5 Å². The van der Waals surface area contributed by atoms with E-state index >= 15 is 0 Å². The molecule has 31 heavy (non-hydrogen) atoms. The van der Waals surface area contributed by atoms with E-state index < -0.39 is 5.97 Å². The Morgan fingerprint density at radius 2 is 1.77 bits per heavy atom. The molecule has 4 aliphatic carbocycles. The Bertz CT molecular complexity index is 703. The number of aliphatic hydroxyl groups is 1. The van der Waals surface area contributed by atoms with E-state index in [9.17, 15) is 14.7 Å².